The first-order valence-corrected chi connectivity index (χ1v) is 7.40. The van der Waals surface area contributed by atoms with Gasteiger partial charge < -0.3 is 10.1 Å². The van der Waals surface area contributed by atoms with Crippen molar-refractivity contribution in [3.63, 3.8) is 0 Å². The lowest BCUT2D eigenvalue weighted by Gasteiger charge is -2.25. The molecule has 0 saturated carbocycles. The van der Waals surface area contributed by atoms with Gasteiger partial charge in [-0.05, 0) is 39.2 Å². The van der Waals surface area contributed by atoms with Gasteiger partial charge in [-0.3, -0.25) is 9.63 Å². The zero-order chi connectivity index (χ0) is 15.1. The Hall–Kier alpha value is -0.950. The van der Waals surface area contributed by atoms with Gasteiger partial charge in [0, 0.05) is 7.05 Å². The van der Waals surface area contributed by atoms with Crippen molar-refractivity contribution in [3.8, 4) is 0 Å². The van der Waals surface area contributed by atoms with E-state index in [1.807, 2.05) is 6.26 Å². The molecule has 1 atom stereocenters. The van der Waals surface area contributed by atoms with Gasteiger partial charge in [-0.25, -0.2) is 9.86 Å². The summed E-state index contributed by atoms with van der Waals surface area (Å²) in [7, 11) is 2.90. The van der Waals surface area contributed by atoms with Crippen LogP contribution < -0.4 is 5.32 Å². The number of hydroxylamine groups is 2. The number of amides is 2. The summed E-state index contributed by atoms with van der Waals surface area (Å²) in [6, 6.07) is -0.646. The maximum atomic E-state index is 12.0. The van der Waals surface area contributed by atoms with E-state index < -0.39 is 17.7 Å². The van der Waals surface area contributed by atoms with Crippen LogP contribution in [-0.2, 0) is 14.4 Å². The van der Waals surface area contributed by atoms with Gasteiger partial charge in [0.2, 0.25) is 0 Å². The van der Waals surface area contributed by atoms with Gasteiger partial charge >= 0.3 is 6.09 Å². The Morgan fingerprint density at radius 3 is 2.37 bits per heavy atom. The molecule has 0 bridgehead atoms. The number of rotatable bonds is 6. The SMILES string of the molecule is CON(C)C(=O)C(CCSC)NC(=O)OC(C)(C)C. The highest BCUT2D eigenvalue weighted by Gasteiger charge is 2.26. The standard InChI is InChI=1S/C12H24N2O4S/c1-12(2,3)18-11(16)13-9(7-8-19-6)10(15)14(4)17-5/h9H,7-8H2,1-6H3,(H,13,16). The Morgan fingerprint density at radius 2 is 1.95 bits per heavy atom. The van der Waals surface area contributed by atoms with Crippen LogP contribution in [0.4, 0.5) is 4.79 Å². The van der Waals surface area contributed by atoms with Crippen LogP contribution in [0.2, 0.25) is 0 Å². The van der Waals surface area contributed by atoms with E-state index in [0.717, 1.165) is 10.8 Å². The minimum Gasteiger partial charge on any atom is -0.444 e. The van der Waals surface area contributed by atoms with Gasteiger partial charge in [0.25, 0.3) is 5.91 Å². The Labute approximate surface area is 119 Å². The molecule has 0 heterocycles. The highest BCUT2D eigenvalue weighted by molar-refractivity contribution is 7.98. The van der Waals surface area contributed by atoms with Crippen LogP contribution >= 0.6 is 11.8 Å². The fraction of sp³-hybridized carbons (Fsp3) is 0.833. The molecule has 0 aliphatic heterocycles. The molecule has 7 heteroatoms. The van der Waals surface area contributed by atoms with Crippen molar-refractivity contribution in [3.05, 3.63) is 0 Å². The molecule has 0 saturated heterocycles. The highest BCUT2D eigenvalue weighted by Crippen LogP contribution is 2.09. The average molecular weight is 292 g/mol. The number of ether oxygens (including phenoxy) is 1. The van der Waals surface area contributed by atoms with Crippen LogP contribution in [-0.4, -0.2) is 54.9 Å². The van der Waals surface area contributed by atoms with Gasteiger partial charge in [-0.1, -0.05) is 0 Å². The number of carbonyl (C=O) groups is 2. The van der Waals surface area contributed by atoms with Gasteiger partial charge in [-0.2, -0.15) is 11.8 Å². The average Bonchev–Trinajstić information content (AvgIpc) is 2.30. The molecule has 0 rings (SSSR count). The Morgan fingerprint density at radius 1 is 1.37 bits per heavy atom. The van der Waals surface area contributed by atoms with E-state index >= 15 is 0 Å². The van der Waals surface area contributed by atoms with Crippen molar-refractivity contribution in [2.24, 2.45) is 0 Å². The molecule has 0 aliphatic rings. The molecular weight excluding hydrogens is 268 g/mol. The van der Waals surface area contributed by atoms with Gasteiger partial charge in [0.1, 0.15) is 11.6 Å². The van der Waals surface area contributed by atoms with Crippen LogP contribution in [0.25, 0.3) is 0 Å². The van der Waals surface area contributed by atoms with Crippen LogP contribution in [0.1, 0.15) is 27.2 Å². The third-order valence-electron chi connectivity index (χ3n) is 2.18. The zero-order valence-corrected chi connectivity index (χ0v) is 13.3. The van der Waals surface area contributed by atoms with Crippen molar-refractivity contribution < 1.29 is 19.2 Å². The highest BCUT2D eigenvalue weighted by atomic mass is 32.2. The molecular formula is C12H24N2O4S. The first kappa shape index (κ1) is 18.0. The number of hydrogen-bond acceptors (Lipinski definition) is 5. The third kappa shape index (κ3) is 7.94. The summed E-state index contributed by atoms with van der Waals surface area (Å²) in [5.41, 5.74) is -0.593. The van der Waals surface area contributed by atoms with Crippen molar-refractivity contribution in [1.29, 1.82) is 0 Å². The molecule has 0 fully saturated rings. The second-order valence-electron chi connectivity index (χ2n) is 5.00. The molecule has 0 radical (unpaired) electrons. The van der Waals surface area contributed by atoms with E-state index in [0.29, 0.717) is 6.42 Å². The third-order valence-corrected chi connectivity index (χ3v) is 2.83. The number of thioether (sulfide) groups is 1. The summed E-state index contributed by atoms with van der Waals surface area (Å²) >= 11 is 1.60. The van der Waals surface area contributed by atoms with Crippen molar-refractivity contribution in [1.82, 2.24) is 10.4 Å². The predicted octanol–water partition coefficient (Wildman–Crippen LogP) is 1.65. The van der Waals surface area contributed by atoms with E-state index in [-0.39, 0.29) is 5.91 Å². The molecule has 0 aliphatic carbocycles. The fourth-order valence-corrected chi connectivity index (χ4v) is 1.72. The smallest absolute Gasteiger partial charge is 0.408 e. The van der Waals surface area contributed by atoms with E-state index in [1.165, 1.54) is 14.2 Å². The monoisotopic (exact) mass is 292 g/mol. The minimum atomic E-state index is -0.646. The van der Waals surface area contributed by atoms with Crippen LogP contribution in [0.3, 0.4) is 0 Å². The maximum absolute atomic E-state index is 12.0. The predicted molar refractivity (Wildman–Crippen MR) is 75.9 cm³/mol. The summed E-state index contributed by atoms with van der Waals surface area (Å²) in [5.74, 6) is 0.450. The van der Waals surface area contributed by atoms with E-state index in [9.17, 15) is 9.59 Å². The first-order valence-electron chi connectivity index (χ1n) is 6.01. The van der Waals surface area contributed by atoms with E-state index in [1.54, 1.807) is 32.5 Å². The second kappa shape index (κ2) is 8.27. The zero-order valence-electron chi connectivity index (χ0n) is 12.5. The Kier molecular flexibility index (Phi) is 7.85. The second-order valence-corrected chi connectivity index (χ2v) is 5.98. The number of hydrogen-bond donors (Lipinski definition) is 1. The van der Waals surface area contributed by atoms with Crippen LogP contribution in [0, 0.1) is 0 Å². The molecule has 0 aromatic heterocycles. The summed E-state index contributed by atoms with van der Waals surface area (Å²) in [6.07, 6.45) is 1.86. The normalized spacial score (nSPS) is 12.7. The number of nitrogens with one attached hydrogen (secondary N) is 1. The molecule has 6 nitrogen and oxygen atoms in total. The minimum absolute atomic E-state index is 0.303. The van der Waals surface area contributed by atoms with Crippen molar-refractivity contribution in [2.45, 2.75) is 38.8 Å². The number of alkyl carbamates (subject to hydrolysis) is 1. The lowest BCUT2D eigenvalue weighted by molar-refractivity contribution is -0.171. The molecule has 0 aromatic rings. The summed E-state index contributed by atoms with van der Waals surface area (Å²) in [5, 5.41) is 3.68. The lowest BCUT2D eigenvalue weighted by Crippen LogP contribution is -2.48. The summed E-state index contributed by atoms with van der Waals surface area (Å²) in [6.45, 7) is 5.31. The number of nitrogens with zero attached hydrogens (tertiary/aromatic N) is 1. The molecule has 112 valence electrons. The van der Waals surface area contributed by atoms with Gasteiger partial charge in [0.15, 0.2) is 0 Å². The molecule has 0 aromatic carbocycles. The van der Waals surface area contributed by atoms with E-state index in [4.69, 9.17) is 9.57 Å². The fourth-order valence-electron chi connectivity index (χ4n) is 1.25. The van der Waals surface area contributed by atoms with Crippen LogP contribution in [0.5, 0.6) is 0 Å². The number of likely N-dealkylation sites (N-methyl/N-ethyl adjacent to an activating group) is 1. The van der Waals surface area contributed by atoms with E-state index in [2.05, 4.69) is 5.32 Å². The summed E-state index contributed by atoms with van der Waals surface area (Å²) < 4.78 is 5.14. The molecule has 1 unspecified atom stereocenters. The Bertz CT molecular complexity index is 305. The Balaban J connectivity index is 4.59. The molecule has 0 spiro atoms. The van der Waals surface area contributed by atoms with Gasteiger partial charge in [-0.15, -0.1) is 0 Å². The maximum Gasteiger partial charge on any atom is 0.408 e. The quantitative estimate of drug-likeness (QED) is 0.754. The topological polar surface area (TPSA) is 67.9 Å². The molecule has 19 heavy (non-hydrogen) atoms. The molecule has 2 amide bonds. The van der Waals surface area contributed by atoms with Crippen LogP contribution in [0.15, 0.2) is 0 Å². The first-order chi connectivity index (χ1) is 8.71. The lowest BCUT2D eigenvalue weighted by atomic mass is 10.2. The summed E-state index contributed by atoms with van der Waals surface area (Å²) in [4.78, 5) is 28.5. The van der Waals surface area contributed by atoms with Gasteiger partial charge in [0.05, 0.1) is 7.11 Å². The molecule has 1 N–H and O–H groups in total. The van der Waals surface area contributed by atoms with Crippen molar-refractivity contribution in [2.75, 3.05) is 26.2 Å². The van der Waals surface area contributed by atoms with Crippen molar-refractivity contribution >= 4 is 23.8 Å². The number of carbonyl (C=O) groups excluding carboxylic acids is 2. The largest absolute Gasteiger partial charge is 0.444 e.